The third-order valence-corrected chi connectivity index (χ3v) is 11.7. The lowest BCUT2D eigenvalue weighted by atomic mass is 10.1. The predicted octanol–water partition coefficient (Wildman–Crippen LogP) is 12.0. The first-order chi connectivity index (χ1) is 28.3. The molecule has 0 fully saturated rings. The fourth-order valence-corrected chi connectivity index (χ4v) is 9.30. The molecule has 0 aliphatic heterocycles. The molecule has 0 bridgehead atoms. The van der Waals surface area contributed by atoms with Gasteiger partial charge in [0.15, 0.2) is 0 Å². The molecule has 0 amide bonds. The van der Waals surface area contributed by atoms with E-state index in [4.69, 9.17) is 9.97 Å². The average molecular weight is 730 g/mol. The average Bonchev–Trinajstić information content (AvgIpc) is 4.00. The number of hydrogen-bond donors (Lipinski definition) is 0. The number of rotatable bonds is 3. The van der Waals surface area contributed by atoms with Gasteiger partial charge in [-0.1, -0.05) is 97.1 Å². The quantitative estimate of drug-likeness (QED) is 0.182. The summed E-state index contributed by atoms with van der Waals surface area (Å²) in [5, 5.41) is 4.81. The standard InChI is InChI=1S/C50H31N7/c1-2-14-32(15-3-1)53-43-23-11-6-18-37(43)38-30-33(26-28-44(38)53)55-49-51-39-19-7-12-24-45(39)56(49)47-29-27-34(31-48(47)57-46-25-13-8-20-40(46)52-50(55)57)54-41-21-9-4-16-35(41)36-17-5-10-22-42(36)54/h1-31H. The number of aromatic nitrogens is 7. The molecule has 0 N–H and O–H groups in total. The van der Waals surface area contributed by atoms with Crippen LogP contribution in [-0.2, 0) is 0 Å². The van der Waals surface area contributed by atoms with E-state index in [1.54, 1.807) is 0 Å². The minimum absolute atomic E-state index is 0.775. The summed E-state index contributed by atoms with van der Waals surface area (Å²) >= 11 is 0. The Kier molecular flexibility index (Phi) is 6.04. The fraction of sp³-hybridized carbons (Fsp3) is 0. The lowest BCUT2D eigenvalue weighted by Gasteiger charge is -2.10. The van der Waals surface area contributed by atoms with Crippen LogP contribution in [0, 0.1) is 0 Å². The molecular weight excluding hydrogens is 699 g/mol. The summed E-state index contributed by atoms with van der Waals surface area (Å²) in [6, 6.07) is 67.1. The van der Waals surface area contributed by atoms with E-state index in [0.717, 1.165) is 78.1 Å². The molecule has 5 aromatic heterocycles. The first-order valence-electron chi connectivity index (χ1n) is 19.3. The van der Waals surface area contributed by atoms with Crippen molar-refractivity contribution < 1.29 is 0 Å². The highest BCUT2D eigenvalue weighted by molar-refractivity contribution is 6.11. The molecule has 13 rings (SSSR count). The Balaban J connectivity index is 1.21. The molecule has 0 aliphatic rings. The second-order valence-corrected chi connectivity index (χ2v) is 14.7. The first kappa shape index (κ1) is 30.4. The number of benzene rings is 8. The van der Waals surface area contributed by atoms with Crippen molar-refractivity contribution in [2.45, 2.75) is 0 Å². The summed E-state index contributed by atoms with van der Waals surface area (Å²) in [6.45, 7) is 0. The Labute approximate surface area is 324 Å². The number of nitrogens with zero attached hydrogens (tertiary/aromatic N) is 7. The van der Waals surface area contributed by atoms with E-state index in [1.165, 1.54) is 27.2 Å². The predicted molar refractivity (Wildman–Crippen MR) is 233 cm³/mol. The first-order valence-corrected chi connectivity index (χ1v) is 19.3. The molecule has 0 unspecified atom stereocenters. The van der Waals surface area contributed by atoms with Gasteiger partial charge in [0.1, 0.15) is 0 Å². The van der Waals surface area contributed by atoms with Crippen molar-refractivity contribution in [2.75, 3.05) is 0 Å². The van der Waals surface area contributed by atoms with Crippen molar-refractivity contribution in [3.63, 3.8) is 0 Å². The molecular formula is C50H31N7. The Morgan fingerprint density at radius 3 is 1.28 bits per heavy atom. The number of fused-ring (bicyclic) bond motifs is 15. The van der Waals surface area contributed by atoms with Crippen LogP contribution in [0.25, 0.3) is 105 Å². The fourth-order valence-electron chi connectivity index (χ4n) is 9.30. The van der Waals surface area contributed by atoms with E-state index in [9.17, 15) is 0 Å². The van der Waals surface area contributed by atoms with Crippen molar-refractivity contribution in [3.05, 3.63) is 188 Å². The molecule has 8 aromatic carbocycles. The summed E-state index contributed by atoms with van der Waals surface area (Å²) in [5.41, 5.74) is 13.7. The Morgan fingerprint density at radius 1 is 0.263 bits per heavy atom. The number of para-hydroxylation sites is 8. The zero-order valence-corrected chi connectivity index (χ0v) is 30.5. The van der Waals surface area contributed by atoms with Crippen LogP contribution in [0.2, 0.25) is 0 Å². The van der Waals surface area contributed by atoms with Gasteiger partial charge in [-0.25, -0.2) is 14.5 Å². The largest absolute Gasteiger partial charge is 0.309 e. The van der Waals surface area contributed by atoms with E-state index in [0.29, 0.717) is 0 Å². The Morgan fingerprint density at radius 2 is 0.684 bits per heavy atom. The third-order valence-electron chi connectivity index (χ3n) is 11.7. The molecule has 7 heteroatoms. The van der Waals surface area contributed by atoms with Crippen LogP contribution >= 0.6 is 0 Å². The van der Waals surface area contributed by atoms with Gasteiger partial charge in [0, 0.05) is 32.9 Å². The zero-order chi connectivity index (χ0) is 37.2. The second-order valence-electron chi connectivity index (χ2n) is 14.7. The smallest absolute Gasteiger partial charge is 0.223 e. The third kappa shape index (κ3) is 4.14. The second kappa shape index (κ2) is 11.3. The van der Waals surface area contributed by atoms with E-state index in [-0.39, 0.29) is 0 Å². The zero-order valence-electron chi connectivity index (χ0n) is 30.5. The summed E-state index contributed by atoms with van der Waals surface area (Å²) in [5.74, 6) is 1.55. The molecule has 7 nitrogen and oxygen atoms in total. The van der Waals surface area contributed by atoms with Gasteiger partial charge in [0.2, 0.25) is 11.6 Å². The highest BCUT2D eigenvalue weighted by Crippen LogP contribution is 2.37. The van der Waals surface area contributed by atoms with Crippen molar-refractivity contribution >= 4 is 88.3 Å². The Bertz CT molecular complexity index is 3760. The van der Waals surface area contributed by atoms with Gasteiger partial charge < -0.3 is 9.13 Å². The molecule has 0 radical (unpaired) electrons. The van der Waals surface area contributed by atoms with Crippen molar-refractivity contribution in [2.24, 2.45) is 0 Å². The van der Waals surface area contributed by atoms with Gasteiger partial charge in [-0.05, 0) is 91.0 Å². The van der Waals surface area contributed by atoms with Gasteiger partial charge in [-0.15, -0.1) is 0 Å². The van der Waals surface area contributed by atoms with Crippen molar-refractivity contribution in [1.82, 2.24) is 32.5 Å². The summed E-state index contributed by atoms with van der Waals surface area (Å²) in [7, 11) is 0. The molecule has 0 spiro atoms. The van der Waals surface area contributed by atoms with Crippen LogP contribution in [-0.4, -0.2) is 32.5 Å². The number of hydrogen-bond acceptors (Lipinski definition) is 2. The highest BCUT2D eigenvalue weighted by atomic mass is 15.3. The van der Waals surface area contributed by atoms with Crippen LogP contribution in [0.5, 0.6) is 0 Å². The normalized spacial score (nSPS) is 12.2. The van der Waals surface area contributed by atoms with Crippen LogP contribution in [0.15, 0.2) is 188 Å². The topological polar surface area (TPSA) is 49.4 Å². The highest BCUT2D eigenvalue weighted by Gasteiger charge is 2.21. The van der Waals surface area contributed by atoms with Crippen LogP contribution in [0.4, 0.5) is 0 Å². The van der Waals surface area contributed by atoms with E-state index in [2.05, 4.69) is 211 Å². The molecule has 0 aliphatic carbocycles. The van der Waals surface area contributed by atoms with Crippen LogP contribution in [0.3, 0.4) is 0 Å². The molecule has 13 aromatic rings. The molecule has 5 heterocycles. The SMILES string of the molecule is c1ccc(-n2c3ccccc3c3cc(-n4c5nc6ccccc6n5c5ccc(-n6c7ccccc7c7ccccc76)cc5n5c6ccccc6nc45)ccc32)cc1. The van der Waals surface area contributed by atoms with Crippen LogP contribution < -0.4 is 0 Å². The maximum atomic E-state index is 5.45. The molecule has 57 heavy (non-hydrogen) atoms. The van der Waals surface area contributed by atoms with Crippen LogP contribution in [0.1, 0.15) is 0 Å². The molecule has 0 atom stereocenters. The van der Waals surface area contributed by atoms with Crippen molar-refractivity contribution in [1.29, 1.82) is 0 Å². The van der Waals surface area contributed by atoms with Gasteiger partial charge in [0.25, 0.3) is 0 Å². The molecule has 0 saturated carbocycles. The Hall–Kier alpha value is -7.90. The number of imidazole rings is 2. The van der Waals surface area contributed by atoms with Gasteiger partial charge in [-0.3, -0.25) is 8.80 Å². The minimum Gasteiger partial charge on any atom is -0.309 e. The summed E-state index contributed by atoms with van der Waals surface area (Å²) in [6.07, 6.45) is 0. The van der Waals surface area contributed by atoms with E-state index >= 15 is 0 Å². The van der Waals surface area contributed by atoms with Gasteiger partial charge >= 0.3 is 0 Å². The van der Waals surface area contributed by atoms with Gasteiger partial charge in [0.05, 0.1) is 60.9 Å². The monoisotopic (exact) mass is 729 g/mol. The molecule has 266 valence electrons. The maximum Gasteiger partial charge on any atom is 0.223 e. The van der Waals surface area contributed by atoms with Crippen molar-refractivity contribution in [3.8, 4) is 17.1 Å². The summed E-state index contributed by atoms with van der Waals surface area (Å²) < 4.78 is 11.6. The van der Waals surface area contributed by atoms with E-state index in [1.807, 2.05) is 0 Å². The molecule has 0 saturated heterocycles. The van der Waals surface area contributed by atoms with E-state index < -0.39 is 0 Å². The maximum absolute atomic E-state index is 5.45. The van der Waals surface area contributed by atoms with Gasteiger partial charge in [-0.2, -0.15) is 0 Å². The lowest BCUT2D eigenvalue weighted by molar-refractivity contribution is 1.03. The minimum atomic E-state index is 0.775. The lowest BCUT2D eigenvalue weighted by Crippen LogP contribution is -2.02. The summed E-state index contributed by atoms with van der Waals surface area (Å²) in [4.78, 5) is 10.9.